The average molecular weight is 433 g/mol. The number of carbonyl (C=O) groups is 2. The van der Waals surface area contributed by atoms with Gasteiger partial charge in [-0.2, -0.15) is 0 Å². The second-order valence-electron chi connectivity index (χ2n) is 6.12. The molecule has 0 unspecified atom stereocenters. The second kappa shape index (κ2) is 9.41. The molecule has 0 aromatic heterocycles. The van der Waals surface area contributed by atoms with E-state index >= 15 is 0 Å². The molecule has 1 aliphatic rings. The first-order chi connectivity index (χ1) is 13.1. The van der Waals surface area contributed by atoms with E-state index in [1.165, 1.54) is 0 Å². The van der Waals surface area contributed by atoms with E-state index < -0.39 is 0 Å². The molecule has 2 aromatic carbocycles. The molecule has 6 nitrogen and oxygen atoms in total. The van der Waals surface area contributed by atoms with E-state index in [9.17, 15) is 9.59 Å². The van der Waals surface area contributed by atoms with Crippen molar-refractivity contribution in [3.05, 3.63) is 52.5 Å². The van der Waals surface area contributed by atoms with Crippen LogP contribution in [0.5, 0.6) is 11.5 Å². The van der Waals surface area contributed by atoms with E-state index in [4.69, 9.17) is 9.47 Å². The van der Waals surface area contributed by atoms with Gasteiger partial charge in [-0.3, -0.25) is 9.59 Å². The molecule has 0 saturated carbocycles. The van der Waals surface area contributed by atoms with Crippen molar-refractivity contribution in [2.24, 2.45) is 0 Å². The molecule has 0 radical (unpaired) electrons. The van der Waals surface area contributed by atoms with Crippen LogP contribution >= 0.6 is 15.9 Å². The Kier molecular flexibility index (Phi) is 6.70. The summed E-state index contributed by atoms with van der Waals surface area (Å²) < 4.78 is 12.2. The van der Waals surface area contributed by atoms with Crippen LogP contribution in [-0.4, -0.2) is 31.6 Å². The summed E-state index contributed by atoms with van der Waals surface area (Å²) in [6, 6.07) is 13.1. The number of halogens is 1. The van der Waals surface area contributed by atoms with Crippen LogP contribution in [0.3, 0.4) is 0 Å². The third kappa shape index (κ3) is 5.99. The lowest BCUT2D eigenvalue weighted by molar-refractivity contribution is -0.121. The molecule has 3 rings (SSSR count). The third-order valence-electron chi connectivity index (χ3n) is 4.06. The molecule has 1 aliphatic heterocycles. The molecule has 0 spiro atoms. The summed E-state index contributed by atoms with van der Waals surface area (Å²) in [5.74, 6) is 1.42. The largest absolute Gasteiger partial charge is 0.493 e. The van der Waals surface area contributed by atoms with Gasteiger partial charge in [0.2, 0.25) is 11.8 Å². The van der Waals surface area contributed by atoms with Gasteiger partial charge in [0, 0.05) is 16.6 Å². The van der Waals surface area contributed by atoms with E-state index in [1.807, 2.05) is 42.5 Å². The summed E-state index contributed by atoms with van der Waals surface area (Å²) in [6.45, 7) is 1.12. The molecule has 142 valence electrons. The number of benzene rings is 2. The van der Waals surface area contributed by atoms with Crippen molar-refractivity contribution in [2.75, 3.05) is 25.1 Å². The van der Waals surface area contributed by atoms with Gasteiger partial charge in [-0.15, -0.1) is 0 Å². The molecule has 0 fully saturated rings. The minimum absolute atomic E-state index is 0.0442. The van der Waals surface area contributed by atoms with Gasteiger partial charge in [-0.05, 0) is 48.4 Å². The van der Waals surface area contributed by atoms with Crippen molar-refractivity contribution in [1.29, 1.82) is 0 Å². The van der Waals surface area contributed by atoms with Crippen LogP contribution < -0.4 is 20.1 Å². The van der Waals surface area contributed by atoms with Crippen LogP contribution in [0.2, 0.25) is 0 Å². The molecule has 0 saturated heterocycles. The Morgan fingerprint density at radius 3 is 2.74 bits per heavy atom. The zero-order chi connectivity index (χ0) is 19.1. The molecule has 0 atom stereocenters. The highest BCUT2D eigenvalue weighted by atomic mass is 79.9. The van der Waals surface area contributed by atoms with Crippen molar-refractivity contribution in [2.45, 2.75) is 19.3 Å². The number of carbonyl (C=O) groups excluding carboxylic acids is 2. The van der Waals surface area contributed by atoms with Gasteiger partial charge < -0.3 is 20.1 Å². The van der Waals surface area contributed by atoms with Crippen molar-refractivity contribution < 1.29 is 19.1 Å². The Hall–Kier alpha value is -2.54. The van der Waals surface area contributed by atoms with Crippen LogP contribution in [0, 0.1) is 0 Å². The quantitative estimate of drug-likeness (QED) is 0.627. The number of aryl methyl sites for hydroxylation is 1. The summed E-state index contributed by atoms with van der Waals surface area (Å²) in [5, 5.41) is 5.65. The number of rotatable bonds is 8. The van der Waals surface area contributed by atoms with Crippen LogP contribution in [0.1, 0.15) is 18.4 Å². The highest BCUT2D eigenvalue weighted by Crippen LogP contribution is 2.26. The zero-order valence-corrected chi connectivity index (χ0v) is 16.4. The second-order valence-corrected chi connectivity index (χ2v) is 7.04. The summed E-state index contributed by atoms with van der Waals surface area (Å²) in [7, 11) is 0. The monoisotopic (exact) mass is 432 g/mol. The summed E-state index contributed by atoms with van der Waals surface area (Å²) in [6.07, 6.45) is 1.49. The Morgan fingerprint density at radius 1 is 1.07 bits per heavy atom. The maximum Gasteiger partial charge on any atom is 0.224 e. The molecule has 0 aliphatic carbocycles. The highest BCUT2D eigenvalue weighted by molar-refractivity contribution is 9.10. The van der Waals surface area contributed by atoms with E-state index in [0.29, 0.717) is 32.6 Å². The fourth-order valence-electron chi connectivity index (χ4n) is 2.72. The van der Waals surface area contributed by atoms with E-state index in [-0.39, 0.29) is 18.2 Å². The molecule has 0 bridgehead atoms. The van der Waals surface area contributed by atoms with Crippen molar-refractivity contribution >= 4 is 33.4 Å². The van der Waals surface area contributed by atoms with E-state index in [2.05, 4.69) is 26.6 Å². The van der Waals surface area contributed by atoms with Gasteiger partial charge in [-0.1, -0.05) is 22.0 Å². The minimum Gasteiger partial charge on any atom is -0.493 e. The molecule has 2 N–H and O–H groups in total. The molecule has 2 aromatic rings. The Labute approximate surface area is 166 Å². The van der Waals surface area contributed by atoms with Crippen LogP contribution in [0.15, 0.2) is 46.9 Å². The molecule has 1 heterocycles. The zero-order valence-electron chi connectivity index (χ0n) is 14.8. The first kappa shape index (κ1) is 19.2. The van der Waals surface area contributed by atoms with Crippen LogP contribution in [0.25, 0.3) is 0 Å². The number of ether oxygens (including phenoxy) is 2. The lowest BCUT2D eigenvalue weighted by Crippen LogP contribution is -2.29. The van der Waals surface area contributed by atoms with Crippen LogP contribution in [-0.2, 0) is 16.0 Å². The number of anilines is 1. The third-order valence-corrected chi connectivity index (χ3v) is 4.55. The van der Waals surface area contributed by atoms with Gasteiger partial charge in [0.25, 0.3) is 0 Å². The highest BCUT2D eigenvalue weighted by Gasteiger charge is 2.14. The topological polar surface area (TPSA) is 76.7 Å². The SMILES string of the molecule is O=C(CCOc1cccc(Br)c1)NCCOc1ccc2c(c1)CCC(=O)N2. The maximum absolute atomic E-state index is 11.8. The number of nitrogens with one attached hydrogen (secondary N) is 2. The van der Waals surface area contributed by atoms with Crippen molar-refractivity contribution in [3.63, 3.8) is 0 Å². The first-order valence-corrected chi connectivity index (χ1v) is 9.60. The van der Waals surface area contributed by atoms with E-state index in [1.54, 1.807) is 0 Å². The smallest absolute Gasteiger partial charge is 0.224 e. The predicted octanol–water partition coefficient (Wildman–Crippen LogP) is 3.30. The lowest BCUT2D eigenvalue weighted by atomic mass is 10.0. The summed E-state index contributed by atoms with van der Waals surface area (Å²) in [5.41, 5.74) is 1.91. The first-order valence-electron chi connectivity index (χ1n) is 8.81. The van der Waals surface area contributed by atoms with Gasteiger partial charge in [0.15, 0.2) is 0 Å². The Balaban J connectivity index is 1.33. The van der Waals surface area contributed by atoms with Gasteiger partial charge in [0.05, 0.1) is 19.6 Å². The standard InChI is InChI=1S/C20H21BrN2O4/c21-15-2-1-3-16(13-15)26-10-8-19(24)22-9-11-27-17-5-6-18-14(12-17)4-7-20(25)23-18/h1-3,5-6,12-13H,4,7-11H2,(H,22,24)(H,23,25). The number of fused-ring (bicyclic) bond motifs is 1. The van der Waals surface area contributed by atoms with Gasteiger partial charge >= 0.3 is 0 Å². The molecule has 2 amide bonds. The van der Waals surface area contributed by atoms with Crippen molar-refractivity contribution in [1.82, 2.24) is 5.32 Å². The predicted molar refractivity (Wildman–Crippen MR) is 106 cm³/mol. The summed E-state index contributed by atoms with van der Waals surface area (Å²) >= 11 is 3.38. The fraction of sp³-hybridized carbons (Fsp3) is 0.300. The molecular formula is C20H21BrN2O4. The van der Waals surface area contributed by atoms with E-state index in [0.717, 1.165) is 27.2 Å². The van der Waals surface area contributed by atoms with Crippen LogP contribution in [0.4, 0.5) is 5.69 Å². The molecular weight excluding hydrogens is 412 g/mol. The number of hydrogen-bond donors (Lipinski definition) is 2. The normalized spacial score (nSPS) is 12.7. The minimum atomic E-state index is -0.0817. The van der Waals surface area contributed by atoms with Gasteiger partial charge in [-0.25, -0.2) is 0 Å². The molecule has 7 heteroatoms. The number of hydrogen-bond acceptors (Lipinski definition) is 4. The Bertz CT molecular complexity index is 825. The number of amides is 2. The lowest BCUT2D eigenvalue weighted by Gasteiger charge is -2.17. The fourth-order valence-corrected chi connectivity index (χ4v) is 3.09. The van der Waals surface area contributed by atoms with Crippen molar-refractivity contribution in [3.8, 4) is 11.5 Å². The average Bonchev–Trinajstić information content (AvgIpc) is 2.65. The maximum atomic E-state index is 11.8. The summed E-state index contributed by atoms with van der Waals surface area (Å²) in [4.78, 5) is 23.2. The van der Waals surface area contributed by atoms with Gasteiger partial charge in [0.1, 0.15) is 18.1 Å². The Morgan fingerprint density at radius 2 is 1.89 bits per heavy atom. The molecule has 27 heavy (non-hydrogen) atoms.